The van der Waals surface area contributed by atoms with Gasteiger partial charge in [-0.2, -0.15) is 4.98 Å². The van der Waals surface area contributed by atoms with Gasteiger partial charge in [0.15, 0.2) is 0 Å². The van der Waals surface area contributed by atoms with Gasteiger partial charge in [0.1, 0.15) is 11.4 Å². The van der Waals surface area contributed by atoms with Gasteiger partial charge in [-0.3, -0.25) is 9.59 Å². The largest absolute Gasteiger partial charge is 0.369 e. The Labute approximate surface area is 183 Å². The molecule has 0 unspecified atom stereocenters. The first-order valence-corrected chi connectivity index (χ1v) is 11.0. The molecule has 1 atom stereocenters. The van der Waals surface area contributed by atoms with E-state index in [9.17, 15) is 9.59 Å². The second kappa shape index (κ2) is 11.3. The Morgan fingerprint density at radius 2 is 1.77 bits per heavy atom. The Kier molecular flexibility index (Phi) is 8.20. The van der Waals surface area contributed by atoms with Crippen LogP contribution in [0.25, 0.3) is 0 Å². The number of carbonyl (C=O) groups excluding carboxylic acids is 2. The highest BCUT2D eigenvalue weighted by Gasteiger charge is 2.16. The highest BCUT2D eigenvalue weighted by Crippen LogP contribution is 2.16. The van der Waals surface area contributed by atoms with E-state index in [4.69, 9.17) is 0 Å². The fourth-order valence-corrected chi connectivity index (χ4v) is 3.33. The zero-order valence-electron chi connectivity index (χ0n) is 18.3. The number of benzene rings is 1. The lowest BCUT2D eigenvalue weighted by molar-refractivity contribution is -0.124. The number of hydrogen-bond donors (Lipinski definition) is 4. The summed E-state index contributed by atoms with van der Waals surface area (Å²) in [6, 6.07) is 8.05. The maximum atomic E-state index is 12.8. The van der Waals surface area contributed by atoms with Crippen molar-refractivity contribution in [1.82, 2.24) is 20.6 Å². The van der Waals surface area contributed by atoms with Gasteiger partial charge in [0.05, 0.1) is 0 Å². The molecule has 2 aromatic rings. The van der Waals surface area contributed by atoms with Crippen molar-refractivity contribution >= 4 is 23.6 Å². The molecule has 0 spiro atoms. The molecule has 1 aromatic heterocycles. The minimum atomic E-state index is -0.222. The van der Waals surface area contributed by atoms with Crippen molar-refractivity contribution in [3.8, 4) is 0 Å². The third-order valence-electron chi connectivity index (χ3n) is 5.35. The minimum absolute atomic E-state index is 0.0386. The van der Waals surface area contributed by atoms with Gasteiger partial charge in [-0.15, -0.1) is 0 Å². The molecule has 3 rings (SSSR count). The van der Waals surface area contributed by atoms with Crippen LogP contribution in [0.15, 0.2) is 30.5 Å². The van der Waals surface area contributed by atoms with Crippen LogP contribution in [-0.4, -0.2) is 41.4 Å². The van der Waals surface area contributed by atoms with Crippen LogP contribution >= 0.6 is 0 Å². The van der Waals surface area contributed by atoms with Crippen LogP contribution in [0.2, 0.25) is 0 Å². The van der Waals surface area contributed by atoms with E-state index in [1.54, 1.807) is 6.20 Å². The number of nitrogens with one attached hydrogen (secondary N) is 4. The number of aromatic nitrogens is 2. The average Bonchev–Trinajstić information content (AvgIpc) is 2.78. The summed E-state index contributed by atoms with van der Waals surface area (Å²) in [7, 11) is 0. The predicted octanol–water partition coefficient (Wildman–Crippen LogP) is 2.87. The number of hydrogen-bond acceptors (Lipinski definition) is 6. The molecule has 2 amide bonds. The quantitative estimate of drug-likeness (QED) is 0.603. The monoisotopic (exact) mass is 424 g/mol. The highest BCUT2D eigenvalue weighted by atomic mass is 16.2. The van der Waals surface area contributed by atoms with Crippen LogP contribution < -0.4 is 21.3 Å². The van der Waals surface area contributed by atoms with Crippen LogP contribution in [0.3, 0.4) is 0 Å². The molecule has 8 nitrogen and oxygen atoms in total. The van der Waals surface area contributed by atoms with Gasteiger partial charge in [0, 0.05) is 38.3 Å². The number of nitrogens with zero attached hydrogens (tertiary/aromatic N) is 2. The molecule has 2 heterocycles. The molecule has 4 N–H and O–H groups in total. The molecule has 0 fully saturated rings. The summed E-state index contributed by atoms with van der Waals surface area (Å²) in [5, 5.41) is 12.4. The maximum Gasteiger partial charge on any atom is 0.256 e. The molecule has 2 bridgehead atoms. The Hall–Kier alpha value is -3.16. The van der Waals surface area contributed by atoms with Crippen molar-refractivity contribution in [3.63, 3.8) is 0 Å². The van der Waals surface area contributed by atoms with E-state index in [-0.39, 0.29) is 17.7 Å². The van der Waals surface area contributed by atoms with Gasteiger partial charge in [-0.1, -0.05) is 36.8 Å². The van der Waals surface area contributed by atoms with E-state index in [2.05, 4.69) is 31.2 Å². The van der Waals surface area contributed by atoms with Crippen molar-refractivity contribution in [3.05, 3.63) is 47.2 Å². The Balaban J connectivity index is 1.68. The molecule has 1 aliphatic rings. The van der Waals surface area contributed by atoms with E-state index in [1.807, 2.05) is 38.1 Å². The molecule has 8 heteroatoms. The van der Waals surface area contributed by atoms with Gasteiger partial charge < -0.3 is 21.3 Å². The fraction of sp³-hybridized carbons (Fsp3) is 0.478. The van der Waals surface area contributed by atoms with Crippen molar-refractivity contribution in [2.45, 2.75) is 46.1 Å². The maximum absolute atomic E-state index is 12.8. The molecule has 1 aliphatic heterocycles. The molecular weight excluding hydrogens is 392 g/mol. The number of fused-ring (bicyclic) bond motifs is 2. The van der Waals surface area contributed by atoms with E-state index < -0.39 is 0 Å². The number of carbonyl (C=O) groups is 2. The smallest absolute Gasteiger partial charge is 0.256 e. The van der Waals surface area contributed by atoms with Gasteiger partial charge in [0.2, 0.25) is 11.9 Å². The first-order chi connectivity index (χ1) is 15.0. The summed E-state index contributed by atoms with van der Waals surface area (Å²) in [6.45, 7) is 6.41. The topological polar surface area (TPSA) is 108 Å². The van der Waals surface area contributed by atoms with Crippen LogP contribution in [0.1, 0.15) is 54.1 Å². The molecule has 0 saturated carbocycles. The van der Waals surface area contributed by atoms with Crippen LogP contribution in [0.5, 0.6) is 0 Å². The summed E-state index contributed by atoms with van der Waals surface area (Å²) in [6.07, 6.45) is 4.90. The molecule has 0 saturated heterocycles. The summed E-state index contributed by atoms with van der Waals surface area (Å²) >= 11 is 0. The number of rotatable bonds is 3. The normalized spacial score (nSPS) is 17.9. The summed E-state index contributed by atoms with van der Waals surface area (Å²) in [5.74, 6) is 0.832. The second-order valence-electron chi connectivity index (χ2n) is 8.02. The molecule has 0 radical (unpaired) electrons. The zero-order chi connectivity index (χ0) is 22.1. The molecular formula is C23H32N6O2. The molecule has 31 heavy (non-hydrogen) atoms. The third-order valence-corrected chi connectivity index (χ3v) is 5.35. The molecule has 0 aliphatic carbocycles. The molecule has 166 valence electrons. The van der Waals surface area contributed by atoms with Gasteiger partial charge in [0.25, 0.3) is 5.91 Å². The number of aryl methyl sites for hydroxylation is 1. The Morgan fingerprint density at radius 1 is 1.06 bits per heavy atom. The van der Waals surface area contributed by atoms with E-state index in [1.165, 1.54) is 5.56 Å². The lowest BCUT2D eigenvalue weighted by Crippen LogP contribution is -2.30. The van der Waals surface area contributed by atoms with Gasteiger partial charge in [-0.05, 0) is 38.2 Å². The Morgan fingerprint density at radius 3 is 2.55 bits per heavy atom. The Bertz CT molecular complexity index is 884. The summed E-state index contributed by atoms with van der Waals surface area (Å²) in [5.41, 5.74) is 2.62. The van der Waals surface area contributed by atoms with E-state index >= 15 is 0 Å². The number of anilines is 2. The zero-order valence-corrected chi connectivity index (χ0v) is 18.3. The second-order valence-corrected chi connectivity index (χ2v) is 8.02. The highest BCUT2D eigenvalue weighted by molar-refractivity contribution is 5.98. The minimum Gasteiger partial charge on any atom is -0.369 e. The molecule has 1 aromatic carbocycles. The summed E-state index contributed by atoms with van der Waals surface area (Å²) < 4.78 is 0. The van der Waals surface area contributed by atoms with Crippen molar-refractivity contribution in [2.24, 2.45) is 5.92 Å². The van der Waals surface area contributed by atoms with Crippen molar-refractivity contribution in [2.75, 3.05) is 30.3 Å². The summed E-state index contributed by atoms with van der Waals surface area (Å²) in [4.78, 5) is 33.8. The van der Waals surface area contributed by atoms with Gasteiger partial charge in [-0.25, -0.2) is 4.98 Å². The van der Waals surface area contributed by atoms with E-state index in [0.717, 1.165) is 31.2 Å². The first-order valence-electron chi connectivity index (χ1n) is 11.0. The van der Waals surface area contributed by atoms with Crippen molar-refractivity contribution in [1.29, 1.82) is 0 Å². The lowest BCUT2D eigenvalue weighted by atomic mass is 10.0. The van der Waals surface area contributed by atoms with Crippen LogP contribution in [-0.2, 0) is 11.3 Å². The first kappa shape index (κ1) is 22.5. The standard InChI is InChI=1S/C23H32N6O2/c1-16-7-9-18(10-8-16)14-27-22(31)19-15-28-23-26-12-4-3-11-25-21(30)17(2)6-5-13-24-20(19)29-23/h7-10,15,17H,3-6,11-14H2,1-2H3,(H,25,30)(H,27,31)(H2,24,26,28,29)/t17-/m0/s1. The number of amides is 2. The average molecular weight is 425 g/mol. The van der Waals surface area contributed by atoms with Gasteiger partial charge >= 0.3 is 0 Å². The SMILES string of the molecule is Cc1ccc(CNC(=O)c2cnc3nc2NCCC[C@H](C)C(=O)NCCCCN3)cc1. The predicted molar refractivity (Wildman–Crippen MR) is 122 cm³/mol. The van der Waals surface area contributed by atoms with Crippen LogP contribution in [0.4, 0.5) is 11.8 Å². The fourth-order valence-electron chi connectivity index (χ4n) is 3.33. The van der Waals surface area contributed by atoms with Crippen molar-refractivity contribution < 1.29 is 9.59 Å². The lowest BCUT2D eigenvalue weighted by Gasteiger charge is -2.14. The van der Waals surface area contributed by atoms with E-state index in [0.29, 0.717) is 43.5 Å². The third kappa shape index (κ3) is 6.94. The van der Waals surface area contributed by atoms with Crippen LogP contribution in [0, 0.1) is 12.8 Å².